The summed E-state index contributed by atoms with van der Waals surface area (Å²) < 4.78 is 11.0. The number of ether oxygens (including phenoxy) is 2. The molecule has 2 unspecified atom stereocenters. The first-order valence-electron chi connectivity index (χ1n) is 12.2. The summed E-state index contributed by atoms with van der Waals surface area (Å²) in [5, 5.41) is 8.77. The summed E-state index contributed by atoms with van der Waals surface area (Å²) in [5.74, 6) is 1.66. The maximum Gasteiger partial charge on any atom is 0.261 e. The number of amides is 1. The van der Waals surface area contributed by atoms with Crippen molar-refractivity contribution in [1.82, 2.24) is 20.0 Å². The molecule has 1 aromatic heterocycles. The third-order valence-corrected chi connectivity index (χ3v) is 7.24. The van der Waals surface area contributed by atoms with E-state index in [1.165, 1.54) is 0 Å². The second-order valence-corrected chi connectivity index (χ2v) is 9.23. The highest BCUT2D eigenvalue weighted by Crippen LogP contribution is 2.39. The Kier molecular flexibility index (Phi) is 6.78. The van der Waals surface area contributed by atoms with Crippen LogP contribution in [0.15, 0.2) is 47.7 Å². The van der Waals surface area contributed by atoms with E-state index in [1.807, 2.05) is 36.5 Å². The summed E-state index contributed by atoms with van der Waals surface area (Å²) in [5.41, 5.74) is 3.06. The van der Waals surface area contributed by atoms with Crippen LogP contribution in [-0.2, 0) is 11.3 Å². The number of benzene rings is 1. The minimum Gasteiger partial charge on any atom is -0.493 e. The van der Waals surface area contributed by atoms with Crippen molar-refractivity contribution in [2.24, 2.45) is 16.9 Å². The molecule has 1 amide bonds. The molecule has 5 rings (SSSR count). The topological polar surface area (TPSA) is 70.5 Å². The molecule has 2 fully saturated rings. The molecule has 0 spiro atoms. The van der Waals surface area contributed by atoms with Crippen LogP contribution >= 0.6 is 0 Å². The van der Waals surface area contributed by atoms with Crippen molar-refractivity contribution in [3.05, 3.63) is 53.9 Å². The van der Waals surface area contributed by atoms with Gasteiger partial charge in [0, 0.05) is 56.3 Å². The largest absolute Gasteiger partial charge is 0.493 e. The lowest BCUT2D eigenvalue weighted by atomic mass is 9.73. The number of hydrazine groups is 1. The second kappa shape index (κ2) is 10.1. The van der Waals surface area contributed by atoms with Gasteiger partial charge in [-0.3, -0.25) is 14.7 Å². The Morgan fingerprint density at radius 1 is 0.941 bits per heavy atom. The maximum absolute atomic E-state index is 13.5. The van der Waals surface area contributed by atoms with Crippen molar-refractivity contribution in [3.63, 3.8) is 0 Å². The molecule has 2 atom stereocenters. The van der Waals surface area contributed by atoms with Gasteiger partial charge < -0.3 is 9.47 Å². The fraction of sp³-hybridized carbons (Fsp3) is 0.500. The van der Waals surface area contributed by atoms with E-state index in [4.69, 9.17) is 14.6 Å². The van der Waals surface area contributed by atoms with Crippen LogP contribution in [-0.4, -0.2) is 72.0 Å². The van der Waals surface area contributed by atoms with Crippen molar-refractivity contribution < 1.29 is 14.3 Å². The highest BCUT2D eigenvalue weighted by Gasteiger charge is 2.43. The summed E-state index contributed by atoms with van der Waals surface area (Å²) in [6, 6.07) is 12.0. The average molecular weight is 464 g/mol. The lowest BCUT2D eigenvalue weighted by Gasteiger charge is -2.44. The Hall–Kier alpha value is -2.97. The number of hydrazone groups is 1. The number of pyridine rings is 1. The molecular formula is C26H33N5O3. The van der Waals surface area contributed by atoms with Gasteiger partial charge in [-0.1, -0.05) is 18.9 Å². The SMILES string of the molecule is COc1ccc(C2=NN(N3CCN(Cc4ccccn4)CC3)C(=O)C3CCCCC23)cc1OC. The molecule has 34 heavy (non-hydrogen) atoms. The number of methoxy groups -OCH3 is 2. The highest BCUT2D eigenvalue weighted by molar-refractivity contribution is 6.07. The number of hydrogen-bond donors (Lipinski definition) is 0. The molecule has 0 radical (unpaired) electrons. The van der Waals surface area contributed by atoms with Crippen LogP contribution in [0.3, 0.4) is 0 Å². The Bertz CT molecular complexity index is 1040. The molecular weight excluding hydrogens is 430 g/mol. The minimum absolute atomic E-state index is 0.0131. The first-order chi connectivity index (χ1) is 16.7. The van der Waals surface area contributed by atoms with Crippen LogP contribution in [0.25, 0.3) is 0 Å². The lowest BCUT2D eigenvalue weighted by molar-refractivity contribution is -0.162. The lowest BCUT2D eigenvalue weighted by Crippen LogP contribution is -2.58. The Labute approximate surface area is 201 Å². The predicted molar refractivity (Wildman–Crippen MR) is 129 cm³/mol. The van der Waals surface area contributed by atoms with Crippen molar-refractivity contribution in [2.75, 3.05) is 40.4 Å². The van der Waals surface area contributed by atoms with Crippen molar-refractivity contribution >= 4 is 11.6 Å². The van der Waals surface area contributed by atoms with Gasteiger partial charge >= 0.3 is 0 Å². The first kappa shape index (κ1) is 22.8. The minimum atomic E-state index is -0.0131. The van der Waals surface area contributed by atoms with Crippen LogP contribution in [0.5, 0.6) is 11.5 Å². The monoisotopic (exact) mass is 463 g/mol. The van der Waals surface area contributed by atoms with Crippen LogP contribution in [0.2, 0.25) is 0 Å². The summed E-state index contributed by atoms with van der Waals surface area (Å²) >= 11 is 0. The number of carbonyl (C=O) groups excluding carboxylic acids is 1. The van der Waals surface area contributed by atoms with Gasteiger partial charge in [-0.25, -0.2) is 0 Å². The molecule has 8 heteroatoms. The van der Waals surface area contributed by atoms with E-state index in [9.17, 15) is 4.79 Å². The van der Waals surface area contributed by atoms with Crippen molar-refractivity contribution in [3.8, 4) is 11.5 Å². The van der Waals surface area contributed by atoms with Gasteiger partial charge in [0.05, 0.1) is 25.6 Å². The van der Waals surface area contributed by atoms with E-state index in [1.54, 1.807) is 19.3 Å². The fourth-order valence-electron chi connectivity index (χ4n) is 5.40. The standard InChI is InChI=1S/C26H33N5O3/c1-33-23-11-10-19(17-24(23)34-2)25-21-8-3-4-9-22(21)26(32)31(28-25)30-15-13-29(14-16-30)18-20-7-5-6-12-27-20/h5-7,10-12,17,21-22H,3-4,8-9,13-16,18H2,1-2H3. The van der Waals surface area contributed by atoms with E-state index in [0.717, 1.165) is 75.4 Å². The van der Waals surface area contributed by atoms with E-state index in [-0.39, 0.29) is 17.7 Å². The molecule has 3 heterocycles. The van der Waals surface area contributed by atoms with Gasteiger partial charge in [-0.2, -0.15) is 15.2 Å². The number of fused-ring (bicyclic) bond motifs is 1. The van der Waals surface area contributed by atoms with E-state index in [0.29, 0.717) is 11.5 Å². The molecule has 0 bridgehead atoms. The molecule has 3 aliphatic rings. The van der Waals surface area contributed by atoms with Gasteiger partial charge in [0.15, 0.2) is 11.5 Å². The molecule has 1 saturated heterocycles. The van der Waals surface area contributed by atoms with E-state index in [2.05, 4.69) is 21.0 Å². The van der Waals surface area contributed by atoms with Crippen LogP contribution in [0.4, 0.5) is 0 Å². The molecule has 0 N–H and O–H groups in total. The molecule has 2 aliphatic heterocycles. The number of hydrogen-bond acceptors (Lipinski definition) is 7. The number of aromatic nitrogens is 1. The number of rotatable bonds is 6. The van der Waals surface area contributed by atoms with E-state index < -0.39 is 0 Å². The Balaban J connectivity index is 1.38. The summed E-state index contributed by atoms with van der Waals surface area (Å²) in [6.45, 7) is 4.09. The quantitative estimate of drug-likeness (QED) is 0.655. The summed E-state index contributed by atoms with van der Waals surface area (Å²) in [7, 11) is 3.29. The second-order valence-electron chi connectivity index (χ2n) is 9.23. The van der Waals surface area contributed by atoms with Gasteiger partial charge in [0.1, 0.15) is 0 Å². The normalized spacial score (nSPS) is 23.9. The van der Waals surface area contributed by atoms with Crippen LogP contribution in [0.1, 0.15) is 36.9 Å². The third kappa shape index (κ3) is 4.52. The summed E-state index contributed by atoms with van der Waals surface area (Å²) in [4.78, 5) is 20.4. The molecule has 1 aromatic carbocycles. The summed E-state index contributed by atoms with van der Waals surface area (Å²) in [6.07, 6.45) is 5.98. The molecule has 2 aromatic rings. The van der Waals surface area contributed by atoms with E-state index >= 15 is 0 Å². The van der Waals surface area contributed by atoms with Gasteiger partial charge in [-0.15, -0.1) is 0 Å². The molecule has 1 aliphatic carbocycles. The fourth-order valence-corrected chi connectivity index (χ4v) is 5.40. The van der Waals surface area contributed by atoms with Crippen molar-refractivity contribution in [1.29, 1.82) is 0 Å². The van der Waals surface area contributed by atoms with Crippen LogP contribution in [0, 0.1) is 11.8 Å². The highest BCUT2D eigenvalue weighted by atomic mass is 16.5. The van der Waals surface area contributed by atoms with Crippen LogP contribution < -0.4 is 9.47 Å². The number of nitrogens with zero attached hydrogens (tertiary/aromatic N) is 5. The molecule has 8 nitrogen and oxygen atoms in total. The zero-order chi connectivity index (χ0) is 23.5. The van der Waals surface area contributed by atoms with Crippen molar-refractivity contribution in [2.45, 2.75) is 32.2 Å². The smallest absolute Gasteiger partial charge is 0.261 e. The predicted octanol–water partition coefficient (Wildman–Crippen LogP) is 3.18. The van der Waals surface area contributed by atoms with Gasteiger partial charge in [0.25, 0.3) is 5.91 Å². The van der Waals surface area contributed by atoms with Gasteiger partial charge in [-0.05, 0) is 43.2 Å². The molecule has 180 valence electrons. The third-order valence-electron chi connectivity index (χ3n) is 7.24. The average Bonchev–Trinajstić information content (AvgIpc) is 2.90. The Morgan fingerprint density at radius 2 is 1.71 bits per heavy atom. The number of piperazine rings is 1. The zero-order valence-corrected chi connectivity index (χ0v) is 20.0. The Morgan fingerprint density at radius 3 is 2.41 bits per heavy atom. The van der Waals surface area contributed by atoms with Gasteiger partial charge in [0.2, 0.25) is 0 Å². The maximum atomic E-state index is 13.5. The number of carbonyl (C=O) groups is 1. The first-order valence-corrected chi connectivity index (χ1v) is 12.2. The zero-order valence-electron chi connectivity index (χ0n) is 20.0. The molecule has 1 saturated carbocycles.